The molecule has 16 heavy (non-hydrogen) atoms. The number of aryl methyl sites for hydroxylation is 1. The molecule has 0 atom stereocenters. The molecule has 1 N–H and O–H groups in total. The molecule has 0 aliphatic carbocycles. The molecule has 0 unspecified atom stereocenters. The fourth-order valence-corrected chi connectivity index (χ4v) is 1.16. The summed E-state index contributed by atoms with van der Waals surface area (Å²) < 4.78 is 5.56. The highest BCUT2D eigenvalue weighted by Crippen LogP contribution is 2.19. The van der Waals surface area contributed by atoms with Crippen LogP contribution in [0.5, 0.6) is 5.75 Å². The van der Waals surface area contributed by atoms with Crippen LogP contribution in [0, 0.1) is 6.92 Å². The van der Waals surface area contributed by atoms with Gasteiger partial charge in [-0.3, -0.25) is 0 Å². The van der Waals surface area contributed by atoms with E-state index in [1.165, 1.54) is 7.05 Å². The second-order valence-corrected chi connectivity index (χ2v) is 4.02. The van der Waals surface area contributed by atoms with Gasteiger partial charge in [0.2, 0.25) is 5.60 Å². The zero-order valence-electron chi connectivity index (χ0n) is 10.0. The Balaban J connectivity index is 2.72. The van der Waals surface area contributed by atoms with Crippen LogP contribution in [0.4, 0.5) is 0 Å². The normalized spacial score (nSPS) is 11.0. The Morgan fingerprint density at radius 1 is 1.25 bits per heavy atom. The van der Waals surface area contributed by atoms with Gasteiger partial charge in [0.1, 0.15) is 5.75 Å². The van der Waals surface area contributed by atoms with Crippen molar-refractivity contribution in [1.29, 1.82) is 0 Å². The molecule has 1 rings (SSSR count). The third kappa shape index (κ3) is 3.24. The summed E-state index contributed by atoms with van der Waals surface area (Å²) in [5.41, 5.74) is 2.46. The lowest BCUT2D eigenvalue weighted by molar-refractivity contribution is -0.165. The first-order chi connectivity index (χ1) is 7.45. The number of carbonyl (C=O) groups is 1. The van der Waals surface area contributed by atoms with Crippen molar-refractivity contribution >= 4 is 5.97 Å². The van der Waals surface area contributed by atoms with E-state index in [0.29, 0.717) is 5.75 Å². The van der Waals surface area contributed by atoms with Gasteiger partial charge in [0.15, 0.2) is 0 Å². The molecular weight excluding hydrogens is 206 g/mol. The molecule has 0 aliphatic rings. The number of hydroxylamine groups is 1. The Labute approximate surface area is 95.5 Å². The highest BCUT2D eigenvalue weighted by molar-refractivity contribution is 5.78. The first kappa shape index (κ1) is 12.5. The second-order valence-electron chi connectivity index (χ2n) is 4.02. The molecule has 1 aromatic rings. The van der Waals surface area contributed by atoms with E-state index < -0.39 is 11.6 Å². The molecule has 1 aromatic carbocycles. The van der Waals surface area contributed by atoms with Gasteiger partial charge in [-0.1, -0.05) is 17.7 Å². The second kappa shape index (κ2) is 4.99. The number of ether oxygens (including phenoxy) is 1. The molecule has 0 heterocycles. The predicted octanol–water partition coefficient (Wildman–Crippen LogP) is 1.83. The monoisotopic (exact) mass is 223 g/mol. The summed E-state index contributed by atoms with van der Waals surface area (Å²) in [7, 11) is 1.53. The quantitative estimate of drug-likeness (QED) is 0.791. The van der Waals surface area contributed by atoms with Gasteiger partial charge in [0.05, 0.1) is 0 Å². The van der Waals surface area contributed by atoms with Crippen LogP contribution >= 0.6 is 0 Å². The summed E-state index contributed by atoms with van der Waals surface area (Å²) in [4.78, 5) is 16.2. The average molecular weight is 223 g/mol. The molecule has 0 saturated heterocycles. The average Bonchev–Trinajstić information content (AvgIpc) is 2.21. The highest BCUT2D eigenvalue weighted by Gasteiger charge is 2.32. The Kier molecular flexibility index (Phi) is 3.90. The Hall–Kier alpha value is -1.55. The van der Waals surface area contributed by atoms with Crippen LogP contribution in [0.3, 0.4) is 0 Å². The van der Waals surface area contributed by atoms with Gasteiger partial charge < -0.3 is 9.57 Å². The van der Waals surface area contributed by atoms with Crippen molar-refractivity contribution in [2.75, 3.05) is 7.05 Å². The molecule has 0 spiro atoms. The Morgan fingerprint density at radius 2 is 1.81 bits per heavy atom. The maximum Gasteiger partial charge on any atom is 0.368 e. The molecule has 0 fully saturated rings. The van der Waals surface area contributed by atoms with E-state index in [2.05, 4.69) is 10.3 Å². The number of rotatable bonds is 4. The first-order valence-electron chi connectivity index (χ1n) is 5.09. The molecule has 4 heteroatoms. The van der Waals surface area contributed by atoms with E-state index in [1.807, 2.05) is 31.2 Å². The molecule has 0 amide bonds. The summed E-state index contributed by atoms with van der Waals surface area (Å²) >= 11 is 0. The first-order valence-corrected chi connectivity index (χ1v) is 5.09. The summed E-state index contributed by atoms with van der Waals surface area (Å²) in [6, 6.07) is 7.50. The zero-order valence-corrected chi connectivity index (χ0v) is 10.0. The molecular formula is C12H17NO3. The number of hydrogen-bond donors (Lipinski definition) is 1. The lowest BCUT2D eigenvalue weighted by atomic mass is 10.1. The largest absolute Gasteiger partial charge is 0.476 e. The summed E-state index contributed by atoms with van der Waals surface area (Å²) in [6.45, 7) is 5.31. The Bertz CT molecular complexity index is 357. The molecule has 0 aromatic heterocycles. The van der Waals surface area contributed by atoms with Gasteiger partial charge in [0.25, 0.3) is 0 Å². The maximum atomic E-state index is 11.5. The Morgan fingerprint density at radius 3 is 2.31 bits per heavy atom. The minimum atomic E-state index is -1.02. The van der Waals surface area contributed by atoms with Crippen molar-refractivity contribution in [2.45, 2.75) is 26.4 Å². The fourth-order valence-electron chi connectivity index (χ4n) is 1.16. The molecule has 4 nitrogen and oxygen atoms in total. The van der Waals surface area contributed by atoms with E-state index in [4.69, 9.17) is 4.74 Å². The minimum Gasteiger partial charge on any atom is -0.476 e. The molecule has 0 aliphatic heterocycles. The van der Waals surface area contributed by atoms with Crippen LogP contribution < -0.4 is 10.2 Å². The smallest absolute Gasteiger partial charge is 0.368 e. The van der Waals surface area contributed by atoms with Crippen molar-refractivity contribution in [3.63, 3.8) is 0 Å². The highest BCUT2D eigenvalue weighted by atomic mass is 16.7. The van der Waals surface area contributed by atoms with Crippen molar-refractivity contribution in [2.24, 2.45) is 0 Å². The van der Waals surface area contributed by atoms with E-state index in [-0.39, 0.29) is 0 Å². The lowest BCUT2D eigenvalue weighted by Gasteiger charge is -2.23. The van der Waals surface area contributed by atoms with Crippen molar-refractivity contribution in [3.8, 4) is 5.75 Å². The van der Waals surface area contributed by atoms with Crippen LogP contribution in [0.25, 0.3) is 0 Å². The standard InChI is InChI=1S/C12H17NO3/c1-9-5-7-10(8-6-9)15-12(2,3)11(14)16-13-4/h5-8,13H,1-4H3. The van der Waals surface area contributed by atoms with Gasteiger partial charge >= 0.3 is 5.97 Å². The fraction of sp³-hybridized carbons (Fsp3) is 0.417. The van der Waals surface area contributed by atoms with Crippen molar-refractivity contribution < 1.29 is 14.4 Å². The maximum absolute atomic E-state index is 11.5. The van der Waals surface area contributed by atoms with Crippen LogP contribution in [0.2, 0.25) is 0 Å². The summed E-state index contributed by atoms with van der Waals surface area (Å²) in [5, 5.41) is 0. The molecule has 0 bridgehead atoms. The molecule has 88 valence electrons. The summed E-state index contributed by atoms with van der Waals surface area (Å²) in [6.07, 6.45) is 0. The van der Waals surface area contributed by atoms with Crippen LogP contribution in [0.15, 0.2) is 24.3 Å². The van der Waals surface area contributed by atoms with E-state index in [9.17, 15) is 4.79 Å². The van der Waals surface area contributed by atoms with E-state index in [0.717, 1.165) is 5.56 Å². The number of nitrogens with one attached hydrogen (secondary N) is 1. The topological polar surface area (TPSA) is 47.6 Å². The molecule has 0 saturated carbocycles. The van der Waals surface area contributed by atoms with Gasteiger partial charge in [-0.05, 0) is 32.9 Å². The van der Waals surface area contributed by atoms with Crippen LogP contribution in [0.1, 0.15) is 19.4 Å². The van der Waals surface area contributed by atoms with E-state index >= 15 is 0 Å². The summed E-state index contributed by atoms with van der Waals surface area (Å²) in [5.74, 6) is 0.180. The minimum absolute atomic E-state index is 0.462. The van der Waals surface area contributed by atoms with Gasteiger partial charge in [0, 0.05) is 7.05 Å². The van der Waals surface area contributed by atoms with Gasteiger partial charge in [-0.25, -0.2) is 4.79 Å². The number of benzene rings is 1. The van der Waals surface area contributed by atoms with Crippen LogP contribution in [-0.2, 0) is 9.63 Å². The SMILES string of the molecule is CNOC(=O)C(C)(C)Oc1ccc(C)cc1. The zero-order chi connectivity index (χ0) is 12.2. The van der Waals surface area contributed by atoms with Gasteiger partial charge in [-0.15, -0.1) is 0 Å². The van der Waals surface area contributed by atoms with Crippen molar-refractivity contribution in [3.05, 3.63) is 29.8 Å². The van der Waals surface area contributed by atoms with Crippen LogP contribution in [-0.4, -0.2) is 18.6 Å². The van der Waals surface area contributed by atoms with Crippen molar-refractivity contribution in [1.82, 2.24) is 5.48 Å². The number of hydrogen-bond acceptors (Lipinski definition) is 4. The number of carbonyl (C=O) groups excluding carboxylic acids is 1. The third-order valence-electron chi connectivity index (χ3n) is 2.08. The third-order valence-corrected chi connectivity index (χ3v) is 2.08. The van der Waals surface area contributed by atoms with E-state index in [1.54, 1.807) is 13.8 Å². The predicted molar refractivity (Wildman–Crippen MR) is 61.0 cm³/mol. The molecule has 0 radical (unpaired) electrons. The van der Waals surface area contributed by atoms with Gasteiger partial charge in [-0.2, -0.15) is 5.48 Å². The lowest BCUT2D eigenvalue weighted by Crippen LogP contribution is -2.41.